The highest BCUT2D eigenvalue weighted by Gasteiger charge is 2.48. The maximum absolute atomic E-state index is 12.5. The van der Waals surface area contributed by atoms with Crippen molar-refractivity contribution in [2.24, 2.45) is 5.41 Å². The fourth-order valence-electron chi connectivity index (χ4n) is 2.82. The Labute approximate surface area is 140 Å². The molecule has 6 heteroatoms. The summed E-state index contributed by atoms with van der Waals surface area (Å²) in [6.45, 7) is -0.175. The Balaban J connectivity index is 2.49. The molecule has 0 saturated heterocycles. The van der Waals surface area contributed by atoms with Crippen LogP contribution in [0.2, 0.25) is 0 Å². The zero-order valence-electron chi connectivity index (χ0n) is 13.7. The number of rotatable bonds is 7. The molecule has 0 saturated carbocycles. The predicted octanol–water partition coefficient (Wildman–Crippen LogP) is 1.98. The SMILES string of the molecule is COC(=O)C(C/C=C\CO)(Cc1c[nH]c2ccccc12)C(=O)OC. The lowest BCUT2D eigenvalue weighted by Crippen LogP contribution is -2.42. The monoisotopic (exact) mass is 331 g/mol. The van der Waals surface area contributed by atoms with Crippen molar-refractivity contribution in [2.45, 2.75) is 12.8 Å². The lowest BCUT2D eigenvalue weighted by Gasteiger charge is -2.27. The molecule has 1 aromatic heterocycles. The van der Waals surface area contributed by atoms with Gasteiger partial charge in [-0.15, -0.1) is 0 Å². The number of allylic oxidation sites excluding steroid dienone is 1. The molecular weight excluding hydrogens is 310 g/mol. The summed E-state index contributed by atoms with van der Waals surface area (Å²) in [4.78, 5) is 28.1. The third-order valence-electron chi connectivity index (χ3n) is 4.06. The number of aromatic nitrogens is 1. The molecule has 0 aliphatic heterocycles. The van der Waals surface area contributed by atoms with Gasteiger partial charge in [0.15, 0.2) is 5.41 Å². The van der Waals surface area contributed by atoms with Crippen LogP contribution in [0.1, 0.15) is 12.0 Å². The van der Waals surface area contributed by atoms with Crippen molar-refractivity contribution in [3.63, 3.8) is 0 Å². The lowest BCUT2D eigenvalue weighted by atomic mass is 9.78. The second-order valence-electron chi connectivity index (χ2n) is 5.46. The Hall–Kier alpha value is -2.60. The van der Waals surface area contributed by atoms with E-state index in [0.29, 0.717) is 0 Å². The highest BCUT2D eigenvalue weighted by atomic mass is 16.5. The molecule has 1 aromatic carbocycles. The molecule has 0 aliphatic rings. The number of methoxy groups -OCH3 is 2. The average molecular weight is 331 g/mol. The summed E-state index contributed by atoms with van der Waals surface area (Å²) in [5, 5.41) is 9.86. The van der Waals surface area contributed by atoms with Gasteiger partial charge in [-0.1, -0.05) is 30.4 Å². The lowest BCUT2D eigenvalue weighted by molar-refractivity contribution is -0.168. The van der Waals surface area contributed by atoms with Crippen molar-refractivity contribution in [1.82, 2.24) is 4.98 Å². The number of aliphatic hydroxyl groups is 1. The second kappa shape index (κ2) is 7.79. The van der Waals surface area contributed by atoms with Gasteiger partial charge in [-0.05, 0) is 18.1 Å². The van der Waals surface area contributed by atoms with Crippen LogP contribution in [-0.4, -0.2) is 42.9 Å². The van der Waals surface area contributed by atoms with Crippen LogP contribution in [0.3, 0.4) is 0 Å². The molecule has 0 radical (unpaired) electrons. The van der Waals surface area contributed by atoms with E-state index in [2.05, 4.69) is 4.98 Å². The summed E-state index contributed by atoms with van der Waals surface area (Å²) in [5.74, 6) is -1.33. The number of hydrogen-bond donors (Lipinski definition) is 2. The normalized spacial score (nSPS) is 11.8. The van der Waals surface area contributed by atoms with Crippen LogP contribution in [0.5, 0.6) is 0 Å². The number of fused-ring (bicyclic) bond motifs is 1. The molecule has 128 valence electrons. The molecule has 2 N–H and O–H groups in total. The third kappa shape index (κ3) is 3.33. The van der Waals surface area contributed by atoms with Gasteiger partial charge in [-0.2, -0.15) is 0 Å². The Morgan fingerprint density at radius 3 is 2.46 bits per heavy atom. The van der Waals surface area contributed by atoms with Crippen molar-refractivity contribution >= 4 is 22.8 Å². The van der Waals surface area contributed by atoms with Gasteiger partial charge >= 0.3 is 11.9 Å². The molecule has 1 heterocycles. The number of ether oxygens (including phenoxy) is 2. The molecule has 0 bridgehead atoms. The first kappa shape index (κ1) is 17.7. The number of hydrogen-bond acceptors (Lipinski definition) is 5. The quantitative estimate of drug-likeness (QED) is 0.460. The van der Waals surface area contributed by atoms with Crippen LogP contribution in [0.25, 0.3) is 10.9 Å². The van der Waals surface area contributed by atoms with E-state index in [4.69, 9.17) is 14.6 Å². The number of nitrogens with one attached hydrogen (secondary N) is 1. The van der Waals surface area contributed by atoms with Gasteiger partial charge in [0.2, 0.25) is 0 Å². The Morgan fingerprint density at radius 1 is 1.17 bits per heavy atom. The smallest absolute Gasteiger partial charge is 0.323 e. The number of para-hydroxylation sites is 1. The van der Waals surface area contributed by atoms with Gasteiger partial charge in [0.05, 0.1) is 20.8 Å². The van der Waals surface area contributed by atoms with Crippen LogP contribution in [0.15, 0.2) is 42.6 Å². The fourth-order valence-corrected chi connectivity index (χ4v) is 2.82. The van der Waals surface area contributed by atoms with Gasteiger partial charge in [-0.25, -0.2) is 0 Å². The van der Waals surface area contributed by atoms with E-state index in [1.165, 1.54) is 20.3 Å². The summed E-state index contributed by atoms with van der Waals surface area (Å²) in [6, 6.07) is 7.64. The zero-order valence-corrected chi connectivity index (χ0v) is 13.7. The van der Waals surface area contributed by atoms with E-state index in [0.717, 1.165) is 16.5 Å². The molecule has 0 fully saturated rings. The number of aromatic amines is 1. The first-order chi connectivity index (χ1) is 11.6. The highest BCUT2D eigenvalue weighted by Crippen LogP contribution is 2.34. The number of carbonyl (C=O) groups excluding carboxylic acids is 2. The first-order valence-electron chi connectivity index (χ1n) is 7.56. The molecule has 0 amide bonds. The average Bonchev–Trinajstić information content (AvgIpc) is 3.02. The minimum atomic E-state index is -1.50. The molecule has 0 unspecified atom stereocenters. The standard InChI is InChI=1S/C18H21NO5/c1-23-16(21)18(17(22)24-2,9-5-6-10-20)11-13-12-19-15-8-4-3-7-14(13)15/h3-8,12,19-20H,9-11H2,1-2H3/b6-5-. The van der Waals surface area contributed by atoms with Crippen LogP contribution < -0.4 is 0 Å². The molecule has 0 atom stereocenters. The van der Waals surface area contributed by atoms with Crippen molar-refractivity contribution in [3.8, 4) is 0 Å². The summed E-state index contributed by atoms with van der Waals surface area (Å²) in [6.07, 6.45) is 5.05. The van der Waals surface area contributed by atoms with Crippen molar-refractivity contribution in [1.29, 1.82) is 0 Å². The number of carbonyl (C=O) groups is 2. The predicted molar refractivity (Wildman–Crippen MR) is 89.3 cm³/mol. The van der Waals surface area contributed by atoms with Crippen molar-refractivity contribution < 1.29 is 24.2 Å². The number of H-pyrrole nitrogens is 1. The largest absolute Gasteiger partial charge is 0.468 e. The van der Waals surface area contributed by atoms with E-state index >= 15 is 0 Å². The van der Waals surface area contributed by atoms with Crippen molar-refractivity contribution in [3.05, 3.63) is 48.2 Å². The molecule has 0 spiro atoms. The third-order valence-corrected chi connectivity index (χ3v) is 4.06. The zero-order chi connectivity index (χ0) is 17.6. The summed E-state index contributed by atoms with van der Waals surface area (Å²) >= 11 is 0. The van der Waals surface area contributed by atoms with Gasteiger partial charge in [0.25, 0.3) is 0 Å². The summed E-state index contributed by atoms with van der Waals surface area (Å²) < 4.78 is 9.77. The van der Waals surface area contributed by atoms with Gasteiger partial charge in [0.1, 0.15) is 0 Å². The molecule has 6 nitrogen and oxygen atoms in total. The molecular formula is C18H21NO5. The Bertz CT molecular complexity index is 731. The molecule has 24 heavy (non-hydrogen) atoms. The number of benzene rings is 1. The van der Waals surface area contributed by atoms with E-state index in [9.17, 15) is 9.59 Å². The summed E-state index contributed by atoms with van der Waals surface area (Å²) in [5.41, 5.74) is 0.237. The van der Waals surface area contributed by atoms with Gasteiger partial charge < -0.3 is 19.6 Å². The van der Waals surface area contributed by atoms with Crippen LogP contribution in [0.4, 0.5) is 0 Å². The topological polar surface area (TPSA) is 88.6 Å². The number of aliphatic hydroxyl groups excluding tert-OH is 1. The second-order valence-corrected chi connectivity index (χ2v) is 5.46. The van der Waals surface area contributed by atoms with Crippen LogP contribution in [-0.2, 0) is 25.5 Å². The van der Waals surface area contributed by atoms with Crippen LogP contribution >= 0.6 is 0 Å². The van der Waals surface area contributed by atoms with Crippen molar-refractivity contribution in [2.75, 3.05) is 20.8 Å². The van der Waals surface area contributed by atoms with E-state index < -0.39 is 17.4 Å². The van der Waals surface area contributed by atoms with E-state index in [1.807, 2.05) is 24.3 Å². The minimum absolute atomic E-state index is 0.0758. The molecule has 2 rings (SSSR count). The van der Waals surface area contributed by atoms with Gasteiger partial charge in [-0.3, -0.25) is 9.59 Å². The Kier molecular flexibility index (Phi) is 5.76. The molecule has 0 aliphatic carbocycles. The van der Waals surface area contributed by atoms with Gasteiger partial charge in [0, 0.05) is 23.5 Å². The fraction of sp³-hybridized carbons (Fsp3) is 0.333. The highest BCUT2D eigenvalue weighted by molar-refractivity contribution is 6.01. The minimum Gasteiger partial charge on any atom is -0.468 e. The Morgan fingerprint density at radius 2 is 1.83 bits per heavy atom. The van der Waals surface area contributed by atoms with E-state index in [1.54, 1.807) is 12.3 Å². The van der Waals surface area contributed by atoms with Crippen LogP contribution in [0, 0.1) is 5.41 Å². The maximum Gasteiger partial charge on any atom is 0.323 e. The first-order valence-corrected chi connectivity index (χ1v) is 7.56. The van der Waals surface area contributed by atoms with E-state index in [-0.39, 0.29) is 19.4 Å². The number of esters is 2. The maximum atomic E-state index is 12.5. The molecule has 2 aromatic rings. The summed E-state index contributed by atoms with van der Waals surface area (Å²) in [7, 11) is 2.48.